The van der Waals surface area contributed by atoms with Crippen molar-refractivity contribution in [3.8, 4) is 0 Å². The molecule has 0 spiro atoms. The van der Waals surface area contributed by atoms with Crippen LogP contribution >= 0.6 is 0 Å². The Balaban J connectivity index is 2.48. The van der Waals surface area contributed by atoms with Gasteiger partial charge in [0.2, 0.25) is 0 Å². The Bertz CT molecular complexity index is 206. The zero-order valence-corrected chi connectivity index (χ0v) is 7.66. The lowest BCUT2D eigenvalue weighted by atomic mass is 10.1. The van der Waals surface area contributed by atoms with E-state index in [0.29, 0.717) is 0 Å². The van der Waals surface area contributed by atoms with Crippen molar-refractivity contribution in [3.63, 3.8) is 0 Å². The van der Waals surface area contributed by atoms with Crippen molar-refractivity contribution < 1.29 is 4.74 Å². The topological polar surface area (TPSA) is 9.23 Å². The van der Waals surface area contributed by atoms with Crippen LogP contribution in [0.5, 0.6) is 0 Å². The minimum atomic E-state index is 0.172. The van der Waals surface area contributed by atoms with Crippen molar-refractivity contribution in [2.75, 3.05) is 0 Å². The van der Waals surface area contributed by atoms with Crippen molar-refractivity contribution in [1.29, 1.82) is 0 Å². The van der Waals surface area contributed by atoms with E-state index in [0.717, 1.165) is 6.42 Å². The van der Waals surface area contributed by atoms with Gasteiger partial charge in [0.05, 0.1) is 12.7 Å². The Morgan fingerprint density at radius 3 is 2.58 bits per heavy atom. The molecule has 0 saturated carbocycles. The molecule has 1 heteroatoms. The zero-order valence-electron chi connectivity index (χ0n) is 7.66. The highest BCUT2D eigenvalue weighted by molar-refractivity contribution is 5.16. The van der Waals surface area contributed by atoms with Crippen molar-refractivity contribution in [1.82, 2.24) is 0 Å². The molecule has 0 aromatic heterocycles. The third kappa shape index (κ3) is 2.67. The summed E-state index contributed by atoms with van der Waals surface area (Å²) >= 11 is 0. The second kappa shape index (κ2) is 4.94. The van der Waals surface area contributed by atoms with Gasteiger partial charge in [0.15, 0.2) is 0 Å². The van der Waals surface area contributed by atoms with Gasteiger partial charge in [-0.3, -0.25) is 0 Å². The quantitative estimate of drug-likeness (QED) is 0.661. The highest BCUT2D eigenvalue weighted by Crippen LogP contribution is 2.16. The molecule has 1 atom stereocenters. The number of ether oxygens (including phenoxy) is 1. The highest BCUT2D eigenvalue weighted by atomic mass is 16.5. The van der Waals surface area contributed by atoms with Crippen molar-refractivity contribution >= 4 is 0 Å². The molecule has 1 aromatic carbocycles. The van der Waals surface area contributed by atoms with Gasteiger partial charge in [-0.2, -0.15) is 0 Å². The van der Waals surface area contributed by atoms with Crippen LogP contribution in [0.4, 0.5) is 0 Å². The molecule has 0 fully saturated rings. The first-order valence-electron chi connectivity index (χ1n) is 4.36. The molecule has 1 rings (SSSR count). The summed E-state index contributed by atoms with van der Waals surface area (Å²) in [6.45, 7) is 5.97. The minimum Gasteiger partial charge on any atom is -0.368 e. The third-order valence-corrected chi connectivity index (χ3v) is 1.74. The van der Waals surface area contributed by atoms with E-state index in [1.165, 1.54) is 5.56 Å². The van der Waals surface area contributed by atoms with E-state index in [-0.39, 0.29) is 6.10 Å². The van der Waals surface area contributed by atoms with Crippen LogP contribution in [0.1, 0.15) is 31.9 Å². The average Bonchev–Trinajstić information content (AvgIpc) is 2.15. The average molecular weight is 163 g/mol. The number of hydrogen-bond donors (Lipinski definition) is 0. The number of hydrogen-bond acceptors (Lipinski definition) is 1. The molecule has 0 amide bonds. The van der Waals surface area contributed by atoms with Gasteiger partial charge in [0.1, 0.15) is 0 Å². The van der Waals surface area contributed by atoms with Crippen LogP contribution in [0.25, 0.3) is 0 Å². The maximum absolute atomic E-state index is 5.45. The van der Waals surface area contributed by atoms with E-state index >= 15 is 0 Å². The molecule has 0 aliphatic carbocycles. The summed E-state index contributed by atoms with van der Waals surface area (Å²) in [7, 11) is 0. The summed E-state index contributed by atoms with van der Waals surface area (Å²) in [5, 5.41) is 0. The Morgan fingerprint density at radius 2 is 2.00 bits per heavy atom. The van der Waals surface area contributed by atoms with Gasteiger partial charge in [-0.25, -0.2) is 0 Å². The Labute approximate surface area is 74.4 Å². The van der Waals surface area contributed by atoms with Crippen LogP contribution in [0.3, 0.4) is 0 Å². The van der Waals surface area contributed by atoms with E-state index in [1.54, 1.807) is 0 Å². The first kappa shape index (κ1) is 9.27. The lowest BCUT2D eigenvalue weighted by Crippen LogP contribution is -1.96. The molecular formula is C11H15O. The van der Waals surface area contributed by atoms with E-state index < -0.39 is 0 Å². The van der Waals surface area contributed by atoms with Crippen LogP contribution in [-0.4, -0.2) is 0 Å². The smallest absolute Gasteiger partial charge is 0.0842 e. The SMILES string of the molecule is CC[CH]OC(C)c1ccccc1. The fraction of sp³-hybridized carbons (Fsp3) is 0.364. The van der Waals surface area contributed by atoms with E-state index in [2.05, 4.69) is 26.0 Å². The van der Waals surface area contributed by atoms with Crippen LogP contribution in [0.2, 0.25) is 0 Å². The van der Waals surface area contributed by atoms with Crippen molar-refractivity contribution in [2.24, 2.45) is 0 Å². The lowest BCUT2D eigenvalue weighted by Gasteiger charge is -2.11. The second-order valence-corrected chi connectivity index (χ2v) is 2.76. The predicted octanol–water partition coefficient (Wildman–Crippen LogP) is 3.34. The molecule has 1 aromatic rings. The van der Waals surface area contributed by atoms with Gasteiger partial charge in [-0.15, -0.1) is 0 Å². The van der Waals surface area contributed by atoms with E-state index in [4.69, 9.17) is 4.74 Å². The molecule has 1 radical (unpaired) electrons. The van der Waals surface area contributed by atoms with Gasteiger partial charge in [-0.05, 0) is 18.9 Å². The monoisotopic (exact) mass is 163 g/mol. The minimum absolute atomic E-state index is 0.172. The van der Waals surface area contributed by atoms with Gasteiger partial charge in [0.25, 0.3) is 0 Å². The normalized spacial score (nSPS) is 12.8. The molecule has 0 aliphatic heterocycles. The fourth-order valence-corrected chi connectivity index (χ4v) is 1.04. The third-order valence-electron chi connectivity index (χ3n) is 1.74. The van der Waals surface area contributed by atoms with Crippen LogP contribution in [0.15, 0.2) is 30.3 Å². The zero-order chi connectivity index (χ0) is 8.81. The molecule has 0 bridgehead atoms. The summed E-state index contributed by atoms with van der Waals surface area (Å²) in [6.07, 6.45) is 1.13. The molecular weight excluding hydrogens is 148 g/mol. The van der Waals surface area contributed by atoms with Crippen LogP contribution in [-0.2, 0) is 4.74 Å². The summed E-state index contributed by atoms with van der Waals surface area (Å²) in [5.74, 6) is 0. The van der Waals surface area contributed by atoms with Crippen molar-refractivity contribution in [2.45, 2.75) is 26.4 Å². The first-order valence-corrected chi connectivity index (χ1v) is 4.36. The summed E-state index contributed by atoms with van der Waals surface area (Å²) in [6, 6.07) is 10.2. The fourth-order valence-electron chi connectivity index (χ4n) is 1.04. The molecule has 65 valence electrons. The Hall–Kier alpha value is -0.820. The van der Waals surface area contributed by atoms with Crippen LogP contribution in [0, 0.1) is 6.61 Å². The van der Waals surface area contributed by atoms with Gasteiger partial charge in [0, 0.05) is 0 Å². The van der Waals surface area contributed by atoms with Gasteiger partial charge < -0.3 is 4.74 Å². The number of rotatable bonds is 4. The van der Waals surface area contributed by atoms with E-state index in [1.807, 2.05) is 24.8 Å². The molecule has 0 saturated heterocycles. The molecule has 0 aliphatic rings. The Morgan fingerprint density at radius 1 is 1.33 bits per heavy atom. The maximum atomic E-state index is 5.45. The summed E-state index contributed by atoms with van der Waals surface area (Å²) in [5.41, 5.74) is 1.22. The Kier molecular flexibility index (Phi) is 3.81. The number of benzene rings is 1. The van der Waals surface area contributed by atoms with Gasteiger partial charge in [-0.1, -0.05) is 37.3 Å². The highest BCUT2D eigenvalue weighted by Gasteiger charge is 2.02. The second-order valence-electron chi connectivity index (χ2n) is 2.76. The van der Waals surface area contributed by atoms with Crippen LogP contribution < -0.4 is 0 Å². The molecule has 0 heterocycles. The van der Waals surface area contributed by atoms with Gasteiger partial charge >= 0.3 is 0 Å². The summed E-state index contributed by atoms with van der Waals surface area (Å²) in [4.78, 5) is 0. The van der Waals surface area contributed by atoms with E-state index in [9.17, 15) is 0 Å². The lowest BCUT2D eigenvalue weighted by molar-refractivity contribution is 0.118. The maximum Gasteiger partial charge on any atom is 0.0842 e. The summed E-state index contributed by atoms with van der Waals surface area (Å²) < 4.78 is 5.45. The van der Waals surface area contributed by atoms with Crippen molar-refractivity contribution in [3.05, 3.63) is 42.5 Å². The molecule has 0 N–H and O–H groups in total. The largest absolute Gasteiger partial charge is 0.368 e. The molecule has 12 heavy (non-hydrogen) atoms. The standard InChI is InChI=1S/C11H15O/c1-3-9-12-10(2)11-7-5-4-6-8-11/h4-10H,3H2,1-2H3. The predicted molar refractivity (Wildman–Crippen MR) is 50.5 cm³/mol. The first-order chi connectivity index (χ1) is 5.84. The molecule has 1 unspecified atom stereocenters. The molecule has 1 nitrogen and oxygen atoms in total.